The van der Waals surface area contributed by atoms with Gasteiger partial charge in [-0.1, -0.05) is 19.4 Å². The lowest BCUT2D eigenvalue weighted by Crippen LogP contribution is -2.51. The maximum absolute atomic E-state index is 13.2. The normalized spacial score (nSPS) is 23.9. The first-order valence-corrected chi connectivity index (χ1v) is 15.2. The van der Waals surface area contributed by atoms with Crippen LogP contribution in [0, 0.1) is 18.8 Å². The van der Waals surface area contributed by atoms with E-state index in [4.69, 9.17) is 4.99 Å². The fourth-order valence-electron chi connectivity index (χ4n) is 6.11. The number of hydrogen-bond donors (Lipinski definition) is 3. The van der Waals surface area contributed by atoms with Crippen LogP contribution in [0.2, 0.25) is 0 Å². The standard InChI is InChI=1S/C27H37N5O5S/c1-3-19-4-6-21(7-5-19)24-29-25(34)27(30-24)11-13-31(14-12-27)38(36,37)15-10-20-8-9-22(16-18(20)2)32-17-23(33)28-26(32)35/h8-9,16-17,19,21,33H,3-7,10-15H2,1-2H3,(H,28,35)(H,29,30,34). The first kappa shape index (κ1) is 26.7. The first-order chi connectivity index (χ1) is 18.1. The van der Waals surface area contributed by atoms with Crippen LogP contribution in [-0.2, 0) is 21.2 Å². The van der Waals surface area contributed by atoms with Crippen molar-refractivity contribution in [1.29, 1.82) is 0 Å². The number of benzene rings is 1. The molecule has 0 atom stereocenters. The minimum absolute atomic E-state index is 0.0353. The van der Waals surface area contributed by atoms with Crippen molar-refractivity contribution < 1.29 is 18.3 Å². The number of carbonyl (C=O) groups excluding carboxylic acids is 1. The number of carbonyl (C=O) groups is 1. The van der Waals surface area contributed by atoms with Gasteiger partial charge in [0.2, 0.25) is 15.9 Å². The van der Waals surface area contributed by atoms with Crippen molar-refractivity contribution in [2.45, 2.75) is 70.8 Å². The number of amides is 1. The number of H-pyrrole nitrogens is 1. The van der Waals surface area contributed by atoms with Crippen molar-refractivity contribution in [1.82, 2.24) is 19.2 Å². The summed E-state index contributed by atoms with van der Waals surface area (Å²) >= 11 is 0. The quantitative estimate of drug-likeness (QED) is 0.493. The summed E-state index contributed by atoms with van der Waals surface area (Å²) in [6, 6.07) is 5.34. The largest absolute Gasteiger partial charge is 0.493 e. The molecule has 1 aromatic heterocycles. The zero-order valence-corrected chi connectivity index (χ0v) is 22.9. The number of nitrogens with zero attached hydrogens (tertiary/aromatic N) is 3. The highest BCUT2D eigenvalue weighted by Gasteiger charge is 2.48. The molecule has 1 spiro atoms. The fraction of sp³-hybridized carbons (Fsp3) is 0.593. The zero-order chi connectivity index (χ0) is 27.1. The Labute approximate surface area is 223 Å². The molecular formula is C27H37N5O5S. The van der Waals surface area contributed by atoms with E-state index >= 15 is 0 Å². The maximum Gasteiger partial charge on any atom is 0.332 e. The summed E-state index contributed by atoms with van der Waals surface area (Å²) in [7, 11) is -3.51. The van der Waals surface area contributed by atoms with Gasteiger partial charge in [0, 0.05) is 19.0 Å². The van der Waals surface area contributed by atoms with Crippen LogP contribution in [0.25, 0.3) is 5.69 Å². The van der Waals surface area contributed by atoms with E-state index in [9.17, 15) is 23.1 Å². The lowest BCUT2D eigenvalue weighted by Gasteiger charge is -2.34. The Hall–Kier alpha value is -2.92. The molecule has 0 unspecified atom stereocenters. The highest BCUT2D eigenvalue weighted by Crippen LogP contribution is 2.36. The fourth-order valence-corrected chi connectivity index (χ4v) is 7.58. The van der Waals surface area contributed by atoms with E-state index in [1.165, 1.54) is 34.3 Å². The molecule has 2 aromatic rings. The minimum Gasteiger partial charge on any atom is -0.493 e. The second-order valence-corrected chi connectivity index (χ2v) is 13.1. The molecule has 1 aliphatic carbocycles. The Morgan fingerprint density at radius 2 is 1.84 bits per heavy atom. The molecule has 3 N–H and O–H groups in total. The molecule has 1 saturated heterocycles. The third-order valence-electron chi connectivity index (χ3n) is 8.69. The van der Waals surface area contributed by atoms with Crippen molar-refractivity contribution >= 4 is 21.8 Å². The van der Waals surface area contributed by atoms with E-state index < -0.39 is 21.3 Å². The highest BCUT2D eigenvalue weighted by atomic mass is 32.2. The molecule has 3 heterocycles. The van der Waals surface area contributed by atoms with Gasteiger partial charge in [-0.2, -0.15) is 0 Å². The summed E-state index contributed by atoms with van der Waals surface area (Å²) in [5.74, 6) is 1.56. The van der Waals surface area contributed by atoms with Crippen LogP contribution < -0.4 is 11.0 Å². The van der Waals surface area contributed by atoms with Gasteiger partial charge >= 0.3 is 5.69 Å². The van der Waals surface area contributed by atoms with Gasteiger partial charge < -0.3 is 10.4 Å². The van der Waals surface area contributed by atoms with E-state index in [0.29, 0.717) is 30.9 Å². The predicted molar refractivity (Wildman–Crippen MR) is 145 cm³/mol. The Balaban J connectivity index is 1.19. The lowest BCUT2D eigenvalue weighted by atomic mass is 9.80. The Kier molecular flexibility index (Phi) is 7.25. The topological polar surface area (TPSA) is 137 Å². The minimum atomic E-state index is -3.51. The van der Waals surface area contributed by atoms with Crippen molar-refractivity contribution in [3.8, 4) is 11.6 Å². The van der Waals surface area contributed by atoms with Crippen LogP contribution in [0.5, 0.6) is 5.88 Å². The number of aliphatic imine (C=N–C) groups is 1. The number of nitrogens with one attached hydrogen (secondary N) is 2. The molecule has 206 valence electrons. The first-order valence-electron chi connectivity index (χ1n) is 13.6. The van der Waals surface area contributed by atoms with Crippen molar-refractivity contribution in [3.05, 3.63) is 46.0 Å². The van der Waals surface area contributed by atoms with E-state index in [1.54, 1.807) is 12.1 Å². The highest BCUT2D eigenvalue weighted by molar-refractivity contribution is 7.89. The Morgan fingerprint density at radius 1 is 1.13 bits per heavy atom. The summed E-state index contributed by atoms with van der Waals surface area (Å²) in [6.45, 7) is 4.67. The number of rotatable bonds is 7. The van der Waals surface area contributed by atoms with E-state index in [-0.39, 0.29) is 30.6 Å². The molecule has 0 bridgehead atoms. The van der Waals surface area contributed by atoms with Crippen LogP contribution in [0.4, 0.5) is 0 Å². The van der Waals surface area contributed by atoms with Gasteiger partial charge in [0.25, 0.3) is 5.91 Å². The summed E-state index contributed by atoms with van der Waals surface area (Å²) < 4.78 is 29.1. The second kappa shape index (κ2) is 10.3. The summed E-state index contributed by atoms with van der Waals surface area (Å²) in [5.41, 5.74) is 1.04. The third kappa shape index (κ3) is 5.18. The molecule has 10 nitrogen and oxygen atoms in total. The van der Waals surface area contributed by atoms with Gasteiger partial charge in [-0.3, -0.25) is 19.3 Å². The number of piperidine rings is 1. The summed E-state index contributed by atoms with van der Waals surface area (Å²) in [6.07, 6.45) is 8.10. The number of aryl methyl sites for hydroxylation is 2. The molecule has 1 saturated carbocycles. The van der Waals surface area contributed by atoms with Gasteiger partial charge in [-0.05, 0) is 81.0 Å². The van der Waals surface area contributed by atoms with Crippen LogP contribution in [-0.4, -0.2) is 63.5 Å². The number of amidine groups is 1. The second-order valence-electron chi connectivity index (χ2n) is 11.0. The number of aromatic nitrogens is 2. The average molecular weight is 544 g/mol. The van der Waals surface area contributed by atoms with Gasteiger partial charge in [-0.25, -0.2) is 17.5 Å². The molecule has 3 aliphatic rings. The number of hydrogen-bond acceptors (Lipinski definition) is 6. The van der Waals surface area contributed by atoms with Crippen molar-refractivity contribution in [2.24, 2.45) is 16.8 Å². The molecule has 1 amide bonds. The Morgan fingerprint density at radius 3 is 2.45 bits per heavy atom. The lowest BCUT2D eigenvalue weighted by molar-refractivity contribution is -0.125. The molecule has 38 heavy (non-hydrogen) atoms. The summed E-state index contributed by atoms with van der Waals surface area (Å²) in [5, 5.41) is 12.6. The zero-order valence-electron chi connectivity index (χ0n) is 22.1. The van der Waals surface area contributed by atoms with Gasteiger partial charge in [-0.15, -0.1) is 0 Å². The number of sulfonamides is 1. The van der Waals surface area contributed by atoms with Crippen LogP contribution >= 0.6 is 0 Å². The number of aromatic amines is 1. The maximum atomic E-state index is 13.2. The van der Waals surface area contributed by atoms with Crippen LogP contribution in [0.1, 0.15) is 63.0 Å². The monoisotopic (exact) mass is 543 g/mol. The molecular weight excluding hydrogens is 506 g/mol. The molecule has 0 radical (unpaired) electrons. The van der Waals surface area contributed by atoms with Crippen LogP contribution in [0.15, 0.2) is 34.2 Å². The van der Waals surface area contributed by atoms with Gasteiger partial charge in [0.05, 0.1) is 17.6 Å². The van der Waals surface area contributed by atoms with Crippen molar-refractivity contribution in [3.63, 3.8) is 0 Å². The molecule has 11 heteroatoms. The van der Waals surface area contributed by atoms with E-state index in [2.05, 4.69) is 17.2 Å². The smallest absolute Gasteiger partial charge is 0.332 e. The molecule has 2 fully saturated rings. The van der Waals surface area contributed by atoms with Crippen LogP contribution in [0.3, 0.4) is 0 Å². The number of aromatic hydroxyl groups is 1. The third-order valence-corrected chi connectivity index (χ3v) is 10.6. The average Bonchev–Trinajstić information content (AvgIpc) is 3.41. The molecule has 2 aliphatic heterocycles. The van der Waals surface area contributed by atoms with E-state index in [0.717, 1.165) is 35.7 Å². The predicted octanol–water partition coefficient (Wildman–Crippen LogP) is 2.63. The van der Waals surface area contributed by atoms with Crippen molar-refractivity contribution in [2.75, 3.05) is 18.8 Å². The molecule has 1 aromatic carbocycles. The SMILES string of the molecule is CCC1CCC(C2=NC3(CCN(S(=O)(=O)CCc4ccc(-n5cc(O)[nH]c5=O)cc4C)CC3)C(=O)N2)CC1. The summed E-state index contributed by atoms with van der Waals surface area (Å²) in [4.78, 5) is 32.1. The van der Waals surface area contributed by atoms with E-state index in [1.807, 2.05) is 13.0 Å². The van der Waals surface area contributed by atoms with Gasteiger partial charge in [0.1, 0.15) is 11.4 Å². The Bertz CT molecular complexity index is 1390. The molecule has 5 rings (SSSR count). The van der Waals surface area contributed by atoms with Gasteiger partial charge in [0.15, 0.2) is 0 Å². The number of imidazole rings is 1.